The molecule has 0 bridgehead atoms. The first-order valence-corrected chi connectivity index (χ1v) is 12.5. The number of ether oxygens (including phenoxy) is 1. The van der Waals surface area contributed by atoms with E-state index < -0.39 is 47.9 Å². The molecule has 0 saturated carbocycles. The van der Waals surface area contributed by atoms with Gasteiger partial charge in [0.25, 0.3) is 5.91 Å². The van der Waals surface area contributed by atoms with Crippen molar-refractivity contribution in [2.45, 2.75) is 72.1 Å². The molecule has 0 heterocycles. The maximum atomic E-state index is 13.9. The molecule has 10 heteroatoms. The summed E-state index contributed by atoms with van der Waals surface area (Å²) in [4.78, 5) is 53.3. The number of para-hydroxylation sites is 1. The molecule has 5 N–H and O–H groups in total. The van der Waals surface area contributed by atoms with Gasteiger partial charge in [-0.1, -0.05) is 37.3 Å². The zero-order valence-corrected chi connectivity index (χ0v) is 22.8. The largest absolute Gasteiger partial charge is 0.508 e. The number of carbonyl (C=O) groups excluding carboxylic acids is 4. The van der Waals surface area contributed by atoms with Crippen molar-refractivity contribution in [1.82, 2.24) is 10.2 Å². The third-order valence-electron chi connectivity index (χ3n) is 5.62. The van der Waals surface area contributed by atoms with Crippen LogP contribution in [0.25, 0.3) is 0 Å². The number of phenols is 1. The lowest BCUT2D eigenvalue weighted by Gasteiger charge is -2.34. The Bertz CT molecular complexity index is 1150. The number of hydrogen-bond acceptors (Lipinski definition) is 6. The average Bonchev–Trinajstić information content (AvgIpc) is 2.79. The zero-order chi connectivity index (χ0) is 28.6. The van der Waals surface area contributed by atoms with Crippen LogP contribution < -0.4 is 16.4 Å². The van der Waals surface area contributed by atoms with Gasteiger partial charge < -0.3 is 31.1 Å². The normalized spacial score (nSPS) is 12.7. The standard InChI is InChI=1S/C28H38N4O6/c1-7-14-32(26(36)21(16-22(29)34)30-27(37)38-28(4,5)6)24(19-12-9-13-20(33)15-19)25(35)31-23-17(2)10-8-11-18(23)3/h8-13,15,21,24,33H,7,14,16H2,1-6H3,(H2,29,34)(H,30,37)(H,31,35). The van der Waals surface area contributed by atoms with E-state index in [4.69, 9.17) is 10.5 Å². The van der Waals surface area contributed by atoms with Crippen LogP contribution in [0.4, 0.5) is 10.5 Å². The lowest BCUT2D eigenvalue weighted by atomic mass is 10.0. The molecule has 0 aromatic heterocycles. The second-order valence-corrected chi connectivity index (χ2v) is 10.2. The van der Waals surface area contributed by atoms with Crippen LogP contribution in [-0.4, -0.2) is 52.0 Å². The van der Waals surface area contributed by atoms with Gasteiger partial charge in [0.15, 0.2) is 0 Å². The molecule has 0 saturated heterocycles. The molecule has 0 radical (unpaired) electrons. The van der Waals surface area contributed by atoms with Crippen LogP contribution in [0, 0.1) is 13.8 Å². The summed E-state index contributed by atoms with van der Waals surface area (Å²) in [6.07, 6.45) is -0.931. The predicted octanol–water partition coefficient (Wildman–Crippen LogP) is 3.70. The van der Waals surface area contributed by atoms with Crippen molar-refractivity contribution in [1.29, 1.82) is 0 Å². The third-order valence-corrected chi connectivity index (χ3v) is 5.62. The highest BCUT2D eigenvalue weighted by molar-refractivity contribution is 6.00. The Labute approximate surface area is 223 Å². The van der Waals surface area contributed by atoms with E-state index >= 15 is 0 Å². The summed E-state index contributed by atoms with van der Waals surface area (Å²) >= 11 is 0. The number of aromatic hydroxyl groups is 1. The summed E-state index contributed by atoms with van der Waals surface area (Å²) in [6, 6.07) is 9.06. The van der Waals surface area contributed by atoms with Crippen molar-refractivity contribution >= 4 is 29.5 Å². The number of carbonyl (C=O) groups is 4. The Balaban J connectivity index is 2.55. The van der Waals surface area contributed by atoms with Gasteiger partial charge in [0, 0.05) is 12.2 Å². The summed E-state index contributed by atoms with van der Waals surface area (Å²) in [5.74, 6) is -2.12. The number of nitrogens with one attached hydrogen (secondary N) is 2. The first-order chi connectivity index (χ1) is 17.7. The zero-order valence-electron chi connectivity index (χ0n) is 22.8. The molecule has 2 atom stereocenters. The van der Waals surface area contributed by atoms with Crippen LogP contribution in [-0.2, 0) is 19.1 Å². The molecule has 2 aromatic rings. The Morgan fingerprint density at radius 1 is 1.05 bits per heavy atom. The minimum absolute atomic E-state index is 0.0863. The summed E-state index contributed by atoms with van der Waals surface area (Å²) in [6.45, 7) is 10.6. The number of alkyl carbamates (subject to hydrolysis) is 1. The predicted molar refractivity (Wildman–Crippen MR) is 144 cm³/mol. The van der Waals surface area contributed by atoms with E-state index in [9.17, 15) is 24.3 Å². The number of primary amides is 1. The first kappa shape index (κ1) is 30.1. The van der Waals surface area contributed by atoms with Gasteiger partial charge in [0.1, 0.15) is 23.4 Å². The lowest BCUT2D eigenvalue weighted by molar-refractivity contribution is -0.141. The minimum atomic E-state index is -1.37. The van der Waals surface area contributed by atoms with Crippen molar-refractivity contribution in [2.24, 2.45) is 5.73 Å². The molecule has 0 aliphatic rings. The molecule has 2 unspecified atom stereocenters. The number of hydrogen-bond donors (Lipinski definition) is 4. The van der Waals surface area contributed by atoms with Gasteiger partial charge >= 0.3 is 6.09 Å². The monoisotopic (exact) mass is 526 g/mol. The number of nitrogens with two attached hydrogens (primary N) is 1. The Morgan fingerprint density at radius 2 is 1.66 bits per heavy atom. The van der Waals surface area contributed by atoms with Crippen LogP contribution in [0.1, 0.15) is 63.3 Å². The number of aryl methyl sites for hydroxylation is 2. The highest BCUT2D eigenvalue weighted by Gasteiger charge is 2.37. The van der Waals surface area contributed by atoms with Gasteiger partial charge in [-0.05, 0) is 69.9 Å². The van der Waals surface area contributed by atoms with Gasteiger partial charge in [0.2, 0.25) is 11.8 Å². The van der Waals surface area contributed by atoms with Crippen molar-refractivity contribution in [3.8, 4) is 5.75 Å². The molecule has 38 heavy (non-hydrogen) atoms. The smallest absolute Gasteiger partial charge is 0.408 e. The molecular formula is C28H38N4O6. The van der Waals surface area contributed by atoms with Gasteiger partial charge in [-0.15, -0.1) is 0 Å². The second kappa shape index (κ2) is 12.9. The van der Waals surface area contributed by atoms with Gasteiger partial charge in [-0.2, -0.15) is 0 Å². The number of anilines is 1. The molecule has 2 aromatic carbocycles. The summed E-state index contributed by atoms with van der Waals surface area (Å²) in [5.41, 5.74) is 7.17. The van der Waals surface area contributed by atoms with E-state index in [-0.39, 0.29) is 12.3 Å². The van der Waals surface area contributed by atoms with E-state index in [0.717, 1.165) is 11.1 Å². The molecule has 0 spiro atoms. The highest BCUT2D eigenvalue weighted by atomic mass is 16.6. The molecule has 2 rings (SSSR count). The highest BCUT2D eigenvalue weighted by Crippen LogP contribution is 2.29. The third kappa shape index (κ3) is 8.50. The van der Waals surface area contributed by atoms with E-state index in [1.807, 2.05) is 39.0 Å². The van der Waals surface area contributed by atoms with Crippen LogP contribution in [0.3, 0.4) is 0 Å². The van der Waals surface area contributed by atoms with Gasteiger partial charge in [0.05, 0.1) is 6.42 Å². The number of rotatable bonds is 10. The summed E-state index contributed by atoms with van der Waals surface area (Å²) < 4.78 is 5.27. The molecule has 10 nitrogen and oxygen atoms in total. The van der Waals surface area contributed by atoms with E-state index in [2.05, 4.69) is 10.6 Å². The maximum absolute atomic E-state index is 13.9. The summed E-state index contributed by atoms with van der Waals surface area (Å²) in [7, 11) is 0. The van der Waals surface area contributed by atoms with Crippen LogP contribution >= 0.6 is 0 Å². The quantitative estimate of drug-likeness (QED) is 0.371. The average molecular weight is 527 g/mol. The Morgan fingerprint density at radius 3 is 2.18 bits per heavy atom. The van der Waals surface area contributed by atoms with Gasteiger partial charge in [-0.25, -0.2) is 4.79 Å². The van der Waals surface area contributed by atoms with Crippen molar-refractivity contribution < 1.29 is 29.0 Å². The van der Waals surface area contributed by atoms with Crippen molar-refractivity contribution in [2.75, 3.05) is 11.9 Å². The lowest BCUT2D eigenvalue weighted by Crippen LogP contribution is -2.53. The molecule has 4 amide bonds. The van der Waals surface area contributed by atoms with E-state index in [1.54, 1.807) is 32.9 Å². The Hall–Kier alpha value is -4.08. The second-order valence-electron chi connectivity index (χ2n) is 10.2. The number of nitrogens with zero attached hydrogens (tertiary/aromatic N) is 1. The fourth-order valence-corrected chi connectivity index (χ4v) is 4.03. The number of phenolic OH excluding ortho intramolecular Hbond substituents is 1. The van der Waals surface area contributed by atoms with Gasteiger partial charge in [-0.3, -0.25) is 14.4 Å². The van der Waals surface area contributed by atoms with Crippen molar-refractivity contribution in [3.05, 3.63) is 59.2 Å². The maximum Gasteiger partial charge on any atom is 0.408 e. The Kier molecular flexibility index (Phi) is 10.3. The van der Waals surface area contributed by atoms with E-state index in [1.165, 1.54) is 17.0 Å². The first-order valence-electron chi connectivity index (χ1n) is 12.5. The number of benzene rings is 2. The topological polar surface area (TPSA) is 151 Å². The van der Waals surface area contributed by atoms with Crippen molar-refractivity contribution in [3.63, 3.8) is 0 Å². The molecule has 206 valence electrons. The SMILES string of the molecule is CCCN(C(=O)C(CC(N)=O)NC(=O)OC(C)(C)C)C(C(=O)Nc1c(C)cccc1C)c1cccc(O)c1. The fraction of sp³-hybridized carbons (Fsp3) is 0.429. The molecule has 0 aliphatic heterocycles. The van der Waals surface area contributed by atoms with Crippen LogP contribution in [0.15, 0.2) is 42.5 Å². The van der Waals surface area contributed by atoms with E-state index in [0.29, 0.717) is 17.7 Å². The molecular weight excluding hydrogens is 488 g/mol. The van der Waals surface area contributed by atoms with Crippen LogP contribution in [0.5, 0.6) is 5.75 Å². The summed E-state index contributed by atoms with van der Waals surface area (Å²) in [5, 5.41) is 15.5. The molecule has 0 fully saturated rings. The molecule has 0 aliphatic carbocycles. The fourth-order valence-electron chi connectivity index (χ4n) is 4.03. The van der Waals surface area contributed by atoms with Crippen LogP contribution in [0.2, 0.25) is 0 Å². The minimum Gasteiger partial charge on any atom is -0.508 e. The number of amides is 4.